The van der Waals surface area contributed by atoms with Crippen molar-refractivity contribution < 1.29 is 27.9 Å². The third-order valence-corrected chi connectivity index (χ3v) is 4.40. The van der Waals surface area contributed by atoms with Crippen molar-refractivity contribution in [1.29, 1.82) is 0 Å². The summed E-state index contributed by atoms with van der Waals surface area (Å²) >= 11 is 0. The molecule has 3 N–H and O–H groups in total. The van der Waals surface area contributed by atoms with E-state index >= 15 is 0 Å². The zero-order chi connectivity index (χ0) is 15.7. The van der Waals surface area contributed by atoms with E-state index in [1.165, 1.54) is 0 Å². The first-order valence-electron chi connectivity index (χ1n) is 7.11. The molecular formula is C13H19F3N2O3. The van der Waals surface area contributed by atoms with Crippen molar-refractivity contribution in [2.75, 3.05) is 6.54 Å². The van der Waals surface area contributed by atoms with E-state index in [4.69, 9.17) is 5.11 Å². The Kier molecular flexibility index (Phi) is 4.34. The molecule has 0 aromatic carbocycles. The molecular weight excluding hydrogens is 289 g/mol. The SMILES string of the molecule is O=C(NCC1CCCCC1C(=O)O)NC1(C(F)(F)F)CC1. The minimum absolute atomic E-state index is 0.0940. The molecule has 2 aliphatic carbocycles. The molecule has 8 heteroatoms. The van der Waals surface area contributed by atoms with Gasteiger partial charge in [-0.05, 0) is 31.6 Å². The van der Waals surface area contributed by atoms with Gasteiger partial charge in [-0.3, -0.25) is 4.79 Å². The van der Waals surface area contributed by atoms with E-state index in [1.807, 2.05) is 5.32 Å². The molecule has 0 aliphatic heterocycles. The average Bonchev–Trinajstić information content (AvgIpc) is 3.17. The van der Waals surface area contributed by atoms with E-state index in [-0.39, 0.29) is 25.3 Å². The molecule has 0 aromatic heterocycles. The Morgan fingerprint density at radius 2 is 1.81 bits per heavy atom. The Labute approximate surface area is 120 Å². The molecule has 2 aliphatic rings. The Morgan fingerprint density at radius 1 is 1.19 bits per heavy atom. The molecule has 0 spiro atoms. The van der Waals surface area contributed by atoms with Crippen molar-refractivity contribution in [3.05, 3.63) is 0 Å². The molecule has 2 fully saturated rings. The fourth-order valence-corrected chi connectivity index (χ4v) is 2.87. The highest BCUT2D eigenvalue weighted by Gasteiger charge is 2.64. The van der Waals surface area contributed by atoms with E-state index in [2.05, 4.69) is 5.32 Å². The Morgan fingerprint density at radius 3 is 2.33 bits per heavy atom. The van der Waals surface area contributed by atoms with Crippen LogP contribution in [0, 0.1) is 11.8 Å². The molecule has 5 nitrogen and oxygen atoms in total. The first-order valence-corrected chi connectivity index (χ1v) is 7.11. The van der Waals surface area contributed by atoms with Crippen molar-refractivity contribution in [3.8, 4) is 0 Å². The average molecular weight is 308 g/mol. The second-order valence-electron chi connectivity index (χ2n) is 5.90. The summed E-state index contributed by atoms with van der Waals surface area (Å²) in [6, 6.07) is -0.875. The zero-order valence-electron chi connectivity index (χ0n) is 11.5. The van der Waals surface area contributed by atoms with E-state index in [0.717, 1.165) is 12.8 Å². The number of hydrogen-bond donors (Lipinski definition) is 3. The van der Waals surface area contributed by atoms with Crippen LogP contribution in [-0.2, 0) is 4.79 Å². The van der Waals surface area contributed by atoms with Gasteiger partial charge in [-0.15, -0.1) is 0 Å². The van der Waals surface area contributed by atoms with E-state index in [1.54, 1.807) is 0 Å². The molecule has 0 bridgehead atoms. The van der Waals surface area contributed by atoms with Gasteiger partial charge >= 0.3 is 18.2 Å². The number of rotatable bonds is 4. The number of carboxylic acid groups (broad SMARTS) is 1. The van der Waals surface area contributed by atoms with Crippen LogP contribution in [0.4, 0.5) is 18.0 Å². The highest BCUT2D eigenvalue weighted by molar-refractivity contribution is 5.76. The lowest BCUT2D eigenvalue weighted by molar-refractivity contribution is -0.162. The number of nitrogens with one attached hydrogen (secondary N) is 2. The van der Waals surface area contributed by atoms with Crippen molar-refractivity contribution in [2.45, 2.75) is 50.2 Å². The molecule has 2 amide bonds. The monoisotopic (exact) mass is 308 g/mol. The predicted molar refractivity (Wildman–Crippen MR) is 67.6 cm³/mol. The van der Waals surface area contributed by atoms with Crippen LogP contribution in [0.2, 0.25) is 0 Å². The van der Waals surface area contributed by atoms with Gasteiger partial charge in [0, 0.05) is 6.54 Å². The number of carboxylic acids is 1. The van der Waals surface area contributed by atoms with Gasteiger partial charge < -0.3 is 15.7 Å². The third-order valence-electron chi connectivity index (χ3n) is 4.40. The largest absolute Gasteiger partial charge is 0.481 e. The highest BCUT2D eigenvalue weighted by Crippen LogP contribution is 2.48. The first-order chi connectivity index (χ1) is 9.75. The van der Waals surface area contributed by atoms with Crippen LogP contribution in [0.25, 0.3) is 0 Å². The van der Waals surface area contributed by atoms with E-state index < -0.39 is 29.6 Å². The summed E-state index contributed by atoms with van der Waals surface area (Å²) in [5, 5.41) is 13.5. The van der Waals surface area contributed by atoms with Crippen LogP contribution >= 0.6 is 0 Å². The predicted octanol–water partition coefficient (Wildman–Crippen LogP) is 2.27. The number of halogens is 3. The van der Waals surface area contributed by atoms with Crippen LogP contribution in [-0.4, -0.2) is 35.4 Å². The molecule has 21 heavy (non-hydrogen) atoms. The summed E-state index contributed by atoms with van der Waals surface area (Å²) in [4.78, 5) is 22.7. The Hall–Kier alpha value is -1.47. The molecule has 2 atom stereocenters. The maximum absolute atomic E-state index is 12.7. The van der Waals surface area contributed by atoms with Crippen molar-refractivity contribution in [2.24, 2.45) is 11.8 Å². The smallest absolute Gasteiger partial charge is 0.411 e. The molecule has 2 rings (SSSR count). The van der Waals surface area contributed by atoms with Gasteiger partial charge in [0.25, 0.3) is 0 Å². The van der Waals surface area contributed by atoms with Gasteiger partial charge in [0.2, 0.25) is 0 Å². The van der Waals surface area contributed by atoms with Crippen LogP contribution in [0.1, 0.15) is 38.5 Å². The molecule has 0 saturated heterocycles. The number of aliphatic carboxylic acids is 1. The van der Waals surface area contributed by atoms with Crippen molar-refractivity contribution in [3.63, 3.8) is 0 Å². The van der Waals surface area contributed by atoms with Crippen LogP contribution < -0.4 is 10.6 Å². The third kappa shape index (κ3) is 3.59. The Balaban J connectivity index is 1.82. The van der Waals surface area contributed by atoms with Crippen molar-refractivity contribution >= 4 is 12.0 Å². The molecule has 0 heterocycles. The van der Waals surface area contributed by atoms with E-state index in [0.29, 0.717) is 12.8 Å². The minimum Gasteiger partial charge on any atom is -0.481 e. The lowest BCUT2D eigenvalue weighted by atomic mass is 9.79. The summed E-state index contributed by atoms with van der Waals surface area (Å²) in [7, 11) is 0. The fourth-order valence-electron chi connectivity index (χ4n) is 2.87. The Bertz CT molecular complexity index is 421. The molecule has 0 radical (unpaired) electrons. The van der Waals surface area contributed by atoms with Gasteiger partial charge in [0.1, 0.15) is 5.54 Å². The second kappa shape index (κ2) is 5.73. The van der Waals surface area contributed by atoms with Gasteiger partial charge in [-0.1, -0.05) is 12.8 Å². The maximum Gasteiger partial charge on any atom is 0.411 e. The number of carbonyl (C=O) groups excluding carboxylic acids is 1. The fraction of sp³-hybridized carbons (Fsp3) is 0.846. The van der Waals surface area contributed by atoms with Gasteiger partial charge in [0.05, 0.1) is 5.92 Å². The second-order valence-corrected chi connectivity index (χ2v) is 5.90. The quantitative estimate of drug-likeness (QED) is 0.745. The highest BCUT2D eigenvalue weighted by atomic mass is 19.4. The van der Waals surface area contributed by atoms with Gasteiger partial charge in [0.15, 0.2) is 0 Å². The number of carbonyl (C=O) groups is 2. The molecule has 2 saturated carbocycles. The van der Waals surface area contributed by atoms with Gasteiger partial charge in [-0.25, -0.2) is 4.79 Å². The minimum atomic E-state index is -4.45. The number of urea groups is 1. The summed E-state index contributed by atoms with van der Waals surface area (Å²) < 4.78 is 38.1. The van der Waals surface area contributed by atoms with Crippen LogP contribution in [0.15, 0.2) is 0 Å². The summed E-state index contributed by atoms with van der Waals surface area (Å²) in [5.41, 5.74) is -2.09. The van der Waals surface area contributed by atoms with E-state index in [9.17, 15) is 22.8 Å². The maximum atomic E-state index is 12.7. The summed E-state index contributed by atoms with van der Waals surface area (Å²) in [6.07, 6.45) is -1.73. The van der Waals surface area contributed by atoms with Gasteiger partial charge in [-0.2, -0.15) is 13.2 Å². The lowest BCUT2D eigenvalue weighted by Crippen LogP contribution is -2.52. The number of alkyl halides is 3. The standard InChI is InChI=1S/C13H19F3N2O3/c14-13(15,16)12(5-6-12)18-11(21)17-7-8-3-1-2-4-9(8)10(19)20/h8-9H,1-7H2,(H,19,20)(H2,17,18,21). The topological polar surface area (TPSA) is 78.4 Å². The zero-order valence-corrected chi connectivity index (χ0v) is 11.5. The summed E-state index contributed by atoms with van der Waals surface area (Å²) in [5.74, 6) is -1.66. The first kappa shape index (κ1) is 15.9. The molecule has 120 valence electrons. The van der Waals surface area contributed by atoms with Crippen LogP contribution in [0.5, 0.6) is 0 Å². The van der Waals surface area contributed by atoms with Crippen LogP contribution in [0.3, 0.4) is 0 Å². The number of amides is 2. The molecule has 0 aromatic rings. The van der Waals surface area contributed by atoms with Crippen molar-refractivity contribution in [1.82, 2.24) is 10.6 Å². The number of hydrogen-bond acceptors (Lipinski definition) is 2. The lowest BCUT2D eigenvalue weighted by Gasteiger charge is -2.29. The normalized spacial score (nSPS) is 27.8. The summed E-state index contributed by atoms with van der Waals surface area (Å²) in [6.45, 7) is 0.0940. The molecule has 2 unspecified atom stereocenters.